The Hall–Kier alpha value is -2.42. The average Bonchev–Trinajstić information content (AvgIpc) is 2.42. The zero-order chi connectivity index (χ0) is 15.6. The lowest BCUT2D eigenvalue weighted by molar-refractivity contribution is -0.139. The molecule has 0 bridgehead atoms. The molecular weight excluding hydrogens is 290 g/mol. The van der Waals surface area contributed by atoms with Crippen molar-refractivity contribution < 1.29 is 17.6 Å². The smallest absolute Gasteiger partial charge is 0.340 e. The number of hydrogen-bond acceptors (Lipinski definition) is 5. The fraction of sp³-hybridized carbons (Fsp3) is 0.167. The zero-order valence-corrected chi connectivity index (χ0v) is 10.8. The van der Waals surface area contributed by atoms with E-state index in [1.165, 1.54) is 12.3 Å². The number of nitrogens with zero attached hydrogens (tertiary/aromatic N) is 2. The van der Waals surface area contributed by atoms with E-state index in [9.17, 15) is 17.6 Å². The average molecular weight is 301 g/mol. The molecule has 0 fully saturated rings. The van der Waals surface area contributed by atoms with E-state index in [0.717, 1.165) is 6.07 Å². The largest absolute Gasteiger partial charge is 0.419 e. The number of anilines is 3. The van der Waals surface area contributed by atoms with Crippen LogP contribution in [0.1, 0.15) is 11.1 Å². The van der Waals surface area contributed by atoms with E-state index in [4.69, 9.17) is 5.84 Å². The number of nitrogen functional groups attached to an aromatic ring is 1. The number of rotatable bonds is 3. The Balaban J connectivity index is 2.36. The van der Waals surface area contributed by atoms with Gasteiger partial charge in [-0.3, -0.25) is 5.43 Å². The summed E-state index contributed by atoms with van der Waals surface area (Å²) in [5.74, 6) is 4.19. The number of hydrogen-bond donors (Lipinski definition) is 3. The minimum Gasteiger partial charge on any atom is -0.340 e. The van der Waals surface area contributed by atoms with Crippen LogP contribution in [0.5, 0.6) is 0 Å². The molecule has 0 aliphatic heterocycles. The topological polar surface area (TPSA) is 75.9 Å². The summed E-state index contributed by atoms with van der Waals surface area (Å²) in [6, 6.07) is 2.60. The summed E-state index contributed by atoms with van der Waals surface area (Å²) in [5.41, 5.74) is 1.51. The van der Waals surface area contributed by atoms with Crippen LogP contribution < -0.4 is 16.6 Å². The van der Waals surface area contributed by atoms with Crippen LogP contribution in [0.15, 0.2) is 24.4 Å². The summed E-state index contributed by atoms with van der Waals surface area (Å²) < 4.78 is 51.1. The molecule has 0 spiro atoms. The van der Waals surface area contributed by atoms with Crippen LogP contribution in [0.3, 0.4) is 0 Å². The number of benzene rings is 1. The van der Waals surface area contributed by atoms with Crippen molar-refractivity contribution in [2.75, 3.05) is 10.7 Å². The van der Waals surface area contributed by atoms with E-state index < -0.39 is 17.6 Å². The van der Waals surface area contributed by atoms with Crippen LogP contribution in [0.25, 0.3) is 0 Å². The first kappa shape index (κ1) is 15.0. The first-order chi connectivity index (χ1) is 9.81. The molecule has 112 valence electrons. The van der Waals surface area contributed by atoms with Crippen molar-refractivity contribution >= 4 is 17.5 Å². The van der Waals surface area contributed by atoms with Crippen LogP contribution in [0.2, 0.25) is 0 Å². The van der Waals surface area contributed by atoms with Crippen LogP contribution in [-0.2, 0) is 6.18 Å². The van der Waals surface area contributed by atoms with E-state index in [-0.39, 0.29) is 17.5 Å². The van der Waals surface area contributed by atoms with E-state index >= 15 is 0 Å². The molecular formula is C12H11F4N5. The highest BCUT2D eigenvalue weighted by atomic mass is 19.4. The third-order valence-electron chi connectivity index (χ3n) is 2.64. The second-order valence-corrected chi connectivity index (χ2v) is 4.19. The predicted octanol–water partition coefficient (Wildman–Crippen LogP) is 2.97. The Morgan fingerprint density at radius 2 is 1.95 bits per heavy atom. The van der Waals surface area contributed by atoms with Crippen molar-refractivity contribution in [3.8, 4) is 0 Å². The molecule has 0 aliphatic rings. The highest BCUT2D eigenvalue weighted by Crippen LogP contribution is 2.33. The SMILES string of the molecule is Cc1cnc(NN)nc1Nc1ccc(F)c(C(F)(F)F)c1. The standard InChI is InChI=1S/C12H11F4N5/c1-6-5-18-11(21-17)20-10(6)19-7-2-3-9(13)8(4-7)12(14,15)16/h2-5H,17H2,1H3,(H2,18,19,20,21). The number of halogens is 4. The van der Waals surface area contributed by atoms with Crippen LogP contribution >= 0.6 is 0 Å². The Labute approximate surface area is 117 Å². The molecule has 1 heterocycles. The molecule has 1 aromatic heterocycles. The van der Waals surface area contributed by atoms with Gasteiger partial charge >= 0.3 is 6.18 Å². The van der Waals surface area contributed by atoms with E-state index in [1.54, 1.807) is 6.92 Å². The molecule has 5 nitrogen and oxygen atoms in total. The van der Waals surface area contributed by atoms with E-state index in [1.807, 2.05) is 0 Å². The Bertz CT molecular complexity index is 657. The maximum Gasteiger partial charge on any atom is 0.419 e. The van der Waals surface area contributed by atoms with Crippen molar-refractivity contribution in [1.29, 1.82) is 0 Å². The molecule has 2 aromatic rings. The number of nitrogens with two attached hydrogens (primary N) is 1. The lowest BCUT2D eigenvalue weighted by Gasteiger charge is -2.13. The zero-order valence-electron chi connectivity index (χ0n) is 10.8. The maximum absolute atomic E-state index is 13.2. The molecule has 4 N–H and O–H groups in total. The second kappa shape index (κ2) is 5.52. The first-order valence-corrected chi connectivity index (χ1v) is 5.75. The van der Waals surface area contributed by atoms with Gasteiger partial charge in [0.1, 0.15) is 11.6 Å². The number of nitrogens with one attached hydrogen (secondary N) is 2. The molecule has 21 heavy (non-hydrogen) atoms. The highest BCUT2D eigenvalue weighted by molar-refractivity contribution is 5.61. The lowest BCUT2D eigenvalue weighted by Crippen LogP contribution is -2.12. The minimum absolute atomic E-state index is 0.0495. The third-order valence-corrected chi connectivity index (χ3v) is 2.64. The summed E-state index contributed by atoms with van der Waals surface area (Å²) in [6.07, 6.45) is -3.33. The quantitative estimate of drug-likeness (QED) is 0.461. The van der Waals surface area contributed by atoms with Crippen molar-refractivity contribution in [2.45, 2.75) is 13.1 Å². The van der Waals surface area contributed by atoms with Gasteiger partial charge in [-0.25, -0.2) is 15.2 Å². The molecule has 0 saturated carbocycles. The number of aryl methyl sites for hydroxylation is 1. The lowest BCUT2D eigenvalue weighted by atomic mass is 10.1. The summed E-state index contributed by atoms with van der Waals surface area (Å²) in [5, 5.41) is 2.67. The molecule has 2 rings (SSSR count). The van der Waals surface area contributed by atoms with Crippen LogP contribution in [0, 0.1) is 12.7 Å². The fourth-order valence-electron chi connectivity index (χ4n) is 1.60. The molecule has 0 saturated heterocycles. The number of hydrazine groups is 1. The second-order valence-electron chi connectivity index (χ2n) is 4.19. The molecule has 0 aliphatic carbocycles. The predicted molar refractivity (Wildman–Crippen MR) is 69.3 cm³/mol. The normalized spacial score (nSPS) is 11.3. The molecule has 1 aromatic carbocycles. The van der Waals surface area contributed by atoms with Gasteiger partial charge in [0.2, 0.25) is 5.95 Å². The van der Waals surface area contributed by atoms with Gasteiger partial charge in [0.15, 0.2) is 0 Å². The van der Waals surface area contributed by atoms with Crippen molar-refractivity contribution in [3.63, 3.8) is 0 Å². The van der Waals surface area contributed by atoms with Crippen LogP contribution in [-0.4, -0.2) is 9.97 Å². The van der Waals surface area contributed by atoms with Gasteiger partial charge in [-0.15, -0.1) is 0 Å². The van der Waals surface area contributed by atoms with Gasteiger partial charge in [-0.05, 0) is 25.1 Å². The number of aromatic nitrogens is 2. The van der Waals surface area contributed by atoms with Gasteiger partial charge in [0, 0.05) is 17.4 Å². The van der Waals surface area contributed by atoms with Gasteiger partial charge in [0.05, 0.1) is 5.56 Å². The molecule has 9 heteroatoms. The molecule has 0 unspecified atom stereocenters. The summed E-state index contributed by atoms with van der Waals surface area (Å²) in [4.78, 5) is 7.81. The van der Waals surface area contributed by atoms with Crippen LogP contribution in [0.4, 0.5) is 35.0 Å². The summed E-state index contributed by atoms with van der Waals surface area (Å²) in [7, 11) is 0. The Morgan fingerprint density at radius 3 is 2.57 bits per heavy atom. The highest BCUT2D eigenvalue weighted by Gasteiger charge is 2.34. The minimum atomic E-state index is -4.77. The van der Waals surface area contributed by atoms with E-state index in [0.29, 0.717) is 11.6 Å². The fourth-order valence-corrected chi connectivity index (χ4v) is 1.60. The number of alkyl halides is 3. The van der Waals surface area contributed by atoms with Crippen molar-refractivity contribution in [1.82, 2.24) is 9.97 Å². The Morgan fingerprint density at radius 1 is 1.24 bits per heavy atom. The molecule has 0 amide bonds. The summed E-state index contributed by atoms with van der Waals surface area (Å²) >= 11 is 0. The maximum atomic E-state index is 13.2. The van der Waals surface area contributed by atoms with Crippen molar-refractivity contribution in [2.24, 2.45) is 5.84 Å². The summed E-state index contributed by atoms with van der Waals surface area (Å²) in [6.45, 7) is 1.66. The van der Waals surface area contributed by atoms with Gasteiger partial charge < -0.3 is 5.32 Å². The van der Waals surface area contributed by atoms with Gasteiger partial charge in [-0.2, -0.15) is 18.2 Å². The monoisotopic (exact) mass is 301 g/mol. The van der Waals surface area contributed by atoms with E-state index in [2.05, 4.69) is 20.7 Å². The Kier molecular flexibility index (Phi) is 3.94. The first-order valence-electron chi connectivity index (χ1n) is 5.75. The van der Waals surface area contributed by atoms with Crippen molar-refractivity contribution in [3.05, 3.63) is 41.3 Å². The van der Waals surface area contributed by atoms with Gasteiger partial charge in [-0.1, -0.05) is 0 Å². The molecule has 0 atom stereocenters. The van der Waals surface area contributed by atoms with Gasteiger partial charge in [0.25, 0.3) is 0 Å². The molecule has 0 radical (unpaired) electrons. The third kappa shape index (κ3) is 3.37.